The first-order valence-electron chi connectivity index (χ1n) is 21.3. The zero-order chi connectivity index (χ0) is 37.3. The van der Waals surface area contributed by atoms with Crippen molar-refractivity contribution in [3.05, 3.63) is 110 Å². The van der Waals surface area contributed by atoms with E-state index in [4.69, 9.17) is 0 Å². The molecule has 277 valence electrons. The molecule has 0 aromatic heterocycles. The predicted octanol–water partition coefficient (Wildman–Crippen LogP) is 15.0. The Morgan fingerprint density at radius 1 is 0.569 bits per heavy atom. The summed E-state index contributed by atoms with van der Waals surface area (Å²) in [6.45, 7) is 32.4. The molecule has 0 radical (unpaired) electrons. The van der Waals surface area contributed by atoms with Gasteiger partial charge in [-0.15, -0.1) is 0 Å². The molecule has 2 aliphatic rings. The van der Waals surface area contributed by atoms with E-state index in [0.717, 1.165) is 0 Å². The second-order valence-corrected chi connectivity index (χ2v) is 50.4. The molecule has 0 spiro atoms. The van der Waals surface area contributed by atoms with Crippen molar-refractivity contribution in [2.45, 2.75) is 167 Å². The third-order valence-corrected chi connectivity index (χ3v) is 62.3. The Labute approximate surface area is 316 Å². The molecule has 0 saturated carbocycles. The molecular weight excluding hydrogens is 708 g/mol. The van der Waals surface area contributed by atoms with E-state index in [0.29, 0.717) is 30.9 Å². The van der Waals surface area contributed by atoms with Crippen LogP contribution in [0, 0.1) is 0 Å². The van der Waals surface area contributed by atoms with E-state index in [2.05, 4.69) is 156 Å². The van der Waals surface area contributed by atoms with Crippen LogP contribution < -0.4 is 5.19 Å². The summed E-state index contributed by atoms with van der Waals surface area (Å²) < 4.78 is 4.21. The molecule has 3 atom stereocenters. The van der Waals surface area contributed by atoms with Gasteiger partial charge in [-0.3, -0.25) is 0 Å². The van der Waals surface area contributed by atoms with Gasteiger partial charge in [-0.1, -0.05) is 0 Å². The average Bonchev–Trinajstić information content (AvgIpc) is 3.71. The first-order valence-corrected chi connectivity index (χ1v) is 34.2. The molecule has 5 rings (SSSR count). The van der Waals surface area contributed by atoms with Gasteiger partial charge in [0.05, 0.1) is 0 Å². The maximum absolute atomic E-state index is 4.29. The Bertz CT molecular complexity index is 1630. The topological polar surface area (TPSA) is 0 Å². The van der Waals surface area contributed by atoms with Gasteiger partial charge >= 0.3 is 319 Å². The van der Waals surface area contributed by atoms with Crippen LogP contribution in [0.4, 0.5) is 0 Å². The molecule has 0 saturated heterocycles. The average molecular weight is 781 g/mol. The van der Waals surface area contributed by atoms with Gasteiger partial charge in [-0.05, 0) is 0 Å². The number of unbranched alkanes of at least 4 members (excludes halogenated alkanes) is 2. The van der Waals surface area contributed by atoms with Crippen LogP contribution >= 0.6 is 0 Å². The SMILES string of the molecule is CCC[CH2][Zr]([CH2]CCC)([CH]1C(CC)=Cc2c(C(C)C)cc(C(C)C)cc21)([CH]1C(CC)=Cc2c(C(C)C)cc(C(C)C)cc21)[SiH](C)c1ccccc1. The van der Waals surface area contributed by atoms with Gasteiger partial charge in [0.1, 0.15) is 0 Å². The summed E-state index contributed by atoms with van der Waals surface area (Å²) in [4.78, 5) is 0. The van der Waals surface area contributed by atoms with Gasteiger partial charge in [0.15, 0.2) is 0 Å². The van der Waals surface area contributed by atoms with Crippen molar-refractivity contribution in [1.29, 1.82) is 0 Å². The standard InChI is InChI=1S/2C17H23.C7H9Si.2C4H9.Zr/c2*1-6-13-7-15-9-14(11(2)3)10-16(12(4)5)17(15)8-13;1-8-7-5-3-2-4-6-7;2*1-3-4-2;/h2*7-12H,6H2,1-5H3;2-6,8H,1H3;2*1,3-4H2,2H3;. The molecule has 3 aromatic carbocycles. The summed E-state index contributed by atoms with van der Waals surface area (Å²) >= 11 is -4.29. The Morgan fingerprint density at radius 3 is 1.31 bits per heavy atom. The molecule has 2 heteroatoms. The van der Waals surface area contributed by atoms with E-state index in [1.807, 2.05) is 0 Å². The molecule has 0 fully saturated rings. The van der Waals surface area contributed by atoms with Crippen molar-refractivity contribution < 1.29 is 17.9 Å². The van der Waals surface area contributed by atoms with Crippen LogP contribution in [0.15, 0.2) is 65.7 Å². The van der Waals surface area contributed by atoms with E-state index >= 15 is 0 Å². The molecule has 0 bridgehead atoms. The van der Waals surface area contributed by atoms with E-state index < -0.39 is 23.9 Å². The van der Waals surface area contributed by atoms with Crippen molar-refractivity contribution >= 4 is 23.3 Å². The quantitative estimate of drug-likeness (QED) is 0.127. The zero-order valence-corrected chi connectivity index (χ0v) is 38.7. The first kappa shape index (κ1) is 40.4. The van der Waals surface area contributed by atoms with E-state index in [1.54, 1.807) is 60.8 Å². The molecule has 0 heterocycles. The Hall–Kier alpha value is -1.76. The summed E-state index contributed by atoms with van der Waals surface area (Å²) in [6, 6.07) is 23.0. The summed E-state index contributed by atoms with van der Waals surface area (Å²) in [7, 11) is 0. The number of hydrogen-bond acceptors (Lipinski definition) is 0. The third-order valence-electron chi connectivity index (χ3n) is 14.1. The molecule has 3 aromatic rings. The van der Waals surface area contributed by atoms with Crippen molar-refractivity contribution in [3.63, 3.8) is 0 Å². The van der Waals surface area contributed by atoms with Gasteiger partial charge in [0.25, 0.3) is 0 Å². The summed E-state index contributed by atoms with van der Waals surface area (Å²) in [5.41, 5.74) is 16.7. The van der Waals surface area contributed by atoms with Crippen LogP contribution in [-0.4, -0.2) is 5.92 Å². The van der Waals surface area contributed by atoms with Gasteiger partial charge in [-0.25, -0.2) is 0 Å². The van der Waals surface area contributed by atoms with Crippen LogP contribution in [0.3, 0.4) is 0 Å². The fourth-order valence-corrected chi connectivity index (χ4v) is 64.9. The minimum atomic E-state index is -4.29. The predicted molar refractivity (Wildman–Crippen MR) is 230 cm³/mol. The van der Waals surface area contributed by atoms with E-state index in [1.165, 1.54) is 46.8 Å². The summed E-state index contributed by atoms with van der Waals surface area (Å²) in [5.74, 6) is 0.505. The second kappa shape index (κ2) is 16.3. The zero-order valence-electron chi connectivity index (χ0n) is 35.0. The minimum absolute atomic E-state index is 0.515. The van der Waals surface area contributed by atoms with Gasteiger partial charge in [0.2, 0.25) is 0 Å². The number of rotatable bonds is 16. The number of allylic oxidation sites excluding steroid dienone is 2. The van der Waals surface area contributed by atoms with Gasteiger partial charge in [0, 0.05) is 0 Å². The molecular formula is C49H73SiZr. The third kappa shape index (κ3) is 6.90. The maximum atomic E-state index is 2.91. The van der Waals surface area contributed by atoms with Gasteiger partial charge < -0.3 is 0 Å². The molecule has 2 aliphatic carbocycles. The van der Waals surface area contributed by atoms with Crippen LogP contribution in [0.1, 0.15) is 197 Å². The molecule has 0 nitrogen and oxygen atoms in total. The first-order chi connectivity index (χ1) is 24.3. The Morgan fingerprint density at radius 2 is 0.980 bits per heavy atom. The Balaban J connectivity index is 2.07. The van der Waals surface area contributed by atoms with Crippen molar-refractivity contribution in [1.82, 2.24) is 0 Å². The monoisotopic (exact) mass is 779 g/mol. The number of hydrogen-bond donors (Lipinski definition) is 0. The van der Waals surface area contributed by atoms with E-state index in [9.17, 15) is 0 Å². The van der Waals surface area contributed by atoms with Crippen LogP contribution in [0.5, 0.6) is 0 Å². The normalized spacial score (nSPS) is 18.6. The van der Waals surface area contributed by atoms with Crippen LogP contribution in [-0.2, 0) is 17.9 Å². The molecule has 0 amide bonds. The molecule has 51 heavy (non-hydrogen) atoms. The van der Waals surface area contributed by atoms with Crippen molar-refractivity contribution in [2.75, 3.05) is 0 Å². The molecule has 0 aliphatic heterocycles. The fourth-order valence-electron chi connectivity index (χ4n) is 11.4. The second-order valence-electron chi connectivity index (χ2n) is 18.2. The molecule has 3 unspecified atom stereocenters. The molecule has 0 N–H and O–H groups in total. The Kier molecular flexibility index (Phi) is 12.9. The number of benzene rings is 3. The van der Waals surface area contributed by atoms with E-state index in [-0.39, 0.29) is 0 Å². The summed E-state index contributed by atoms with van der Waals surface area (Å²) in [6.07, 6.45) is 13.2. The van der Waals surface area contributed by atoms with Crippen LogP contribution in [0.25, 0.3) is 12.2 Å². The summed E-state index contributed by atoms with van der Waals surface area (Å²) in [5, 5.41) is 1.75. The number of fused-ring (bicyclic) bond motifs is 2. The fraction of sp³-hybridized carbons (Fsp3) is 0.551. The van der Waals surface area contributed by atoms with Crippen LogP contribution in [0.2, 0.25) is 14.8 Å². The van der Waals surface area contributed by atoms with Crippen molar-refractivity contribution in [3.8, 4) is 0 Å². The van der Waals surface area contributed by atoms with Gasteiger partial charge in [-0.2, -0.15) is 0 Å². The van der Waals surface area contributed by atoms with Crippen molar-refractivity contribution in [2.24, 2.45) is 0 Å².